The van der Waals surface area contributed by atoms with Gasteiger partial charge in [-0.15, -0.1) is 11.8 Å². The van der Waals surface area contributed by atoms with E-state index < -0.39 is 0 Å². The standard InChI is InChI=1S/C18H16N4OS/c1-24-17-14(5-3-8-20-17)18(23)22-9-6-15-13(11-22)10-12-4-2-7-19-16(12)21-15/h2-5,7-8,10H,6,9,11H2,1H3. The number of thioether (sulfide) groups is 1. The van der Waals surface area contributed by atoms with Crippen LogP contribution in [0.1, 0.15) is 21.6 Å². The van der Waals surface area contributed by atoms with Crippen molar-refractivity contribution in [2.45, 2.75) is 18.0 Å². The van der Waals surface area contributed by atoms with Gasteiger partial charge >= 0.3 is 0 Å². The van der Waals surface area contributed by atoms with Crippen molar-refractivity contribution in [2.75, 3.05) is 12.8 Å². The summed E-state index contributed by atoms with van der Waals surface area (Å²) < 4.78 is 0. The van der Waals surface area contributed by atoms with E-state index in [1.165, 1.54) is 11.8 Å². The van der Waals surface area contributed by atoms with E-state index in [2.05, 4.69) is 21.0 Å². The zero-order valence-corrected chi connectivity index (χ0v) is 14.1. The molecule has 4 rings (SSSR count). The SMILES string of the molecule is CSc1ncccc1C(=O)N1CCc2nc3ncccc3cc2C1. The number of fused-ring (bicyclic) bond motifs is 2. The van der Waals surface area contributed by atoms with Gasteiger partial charge in [0.05, 0.1) is 5.56 Å². The van der Waals surface area contributed by atoms with E-state index in [0.717, 1.165) is 33.7 Å². The molecule has 0 radical (unpaired) electrons. The second-order valence-corrected chi connectivity index (χ2v) is 6.48. The van der Waals surface area contributed by atoms with E-state index in [0.29, 0.717) is 18.7 Å². The molecule has 3 aromatic heterocycles. The molecule has 1 amide bonds. The Kier molecular flexibility index (Phi) is 3.90. The smallest absolute Gasteiger partial charge is 0.256 e. The van der Waals surface area contributed by atoms with Crippen molar-refractivity contribution < 1.29 is 4.79 Å². The van der Waals surface area contributed by atoms with E-state index in [4.69, 9.17) is 0 Å². The van der Waals surface area contributed by atoms with Crippen LogP contribution in [-0.2, 0) is 13.0 Å². The topological polar surface area (TPSA) is 59.0 Å². The highest BCUT2D eigenvalue weighted by atomic mass is 32.2. The molecule has 0 atom stereocenters. The van der Waals surface area contributed by atoms with E-state index in [9.17, 15) is 4.79 Å². The predicted molar refractivity (Wildman–Crippen MR) is 94.0 cm³/mol. The highest BCUT2D eigenvalue weighted by Crippen LogP contribution is 2.25. The summed E-state index contributed by atoms with van der Waals surface area (Å²) in [6.07, 6.45) is 6.17. The van der Waals surface area contributed by atoms with Crippen LogP contribution in [0.5, 0.6) is 0 Å². The van der Waals surface area contributed by atoms with Gasteiger partial charge in [0.1, 0.15) is 5.03 Å². The second kappa shape index (κ2) is 6.20. The third-order valence-corrected chi connectivity index (χ3v) is 4.93. The van der Waals surface area contributed by atoms with E-state index in [1.807, 2.05) is 35.4 Å². The number of pyridine rings is 3. The molecule has 120 valence electrons. The van der Waals surface area contributed by atoms with Gasteiger partial charge in [0, 0.05) is 43.0 Å². The van der Waals surface area contributed by atoms with Crippen LogP contribution < -0.4 is 0 Å². The van der Waals surface area contributed by atoms with Crippen molar-refractivity contribution in [3.8, 4) is 0 Å². The summed E-state index contributed by atoms with van der Waals surface area (Å²) in [6, 6.07) is 9.67. The number of rotatable bonds is 2. The summed E-state index contributed by atoms with van der Waals surface area (Å²) >= 11 is 1.50. The van der Waals surface area contributed by atoms with E-state index in [-0.39, 0.29) is 5.91 Å². The quantitative estimate of drug-likeness (QED) is 0.674. The number of amides is 1. The number of carbonyl (C=O) groups excluding carboxylic acids is 1. The maximum atomic E-state index is 12.9. The molecule has 4 heterocycles. The van der Waals surface area contributed by atoms with Gasteiger partial charge in [-0.05, 0) is 42.2 Å². The van der Waals surface area contributed by atoms with Gasteiger partial charge in [-0.2, -0.15) is 0 Å². The Hall–Kier alpha value is -2.47. The molecule has 3 aromatic rings. The van der Waals surface area contributed by atoms with Crippen LogP contribution in [0.15, 0.2) is 47.8 Å². The Balaban J connectivity index is 1.66. The van der Waals surface area contributed by atoms with Crippen molar-refractivity contribution in [3.05, 3.63) is 59.5 Å². The Morgan fingerprint density at radius 3 is 2.92 bits per heavy atom. The molecule has 6 heteroatoms. The van der Waals surface area contributed by atoms with Gasteiger partial charge in [0.2, 0.25) is 0 Å². The summed E-state index contributed by atoms with van der Waals surface area (Å²) in [7, 11) is 0. The zero-order chi connectivity index (χ0) is 16.5. The number of nitrogens with zero attached hydrogens (tertiary/aromatic N) is 4. The highest BCUT2D eigenvalue weighted by molar-refractivity contribution is 7.98. The normalized spacial score (nSPS) is 13.8. The fraction of sp³-hybridized carbons (Fsp3) is 0.222. The van der Waals surface area contributed by atoms with E-state index in [1.54, 1.807) is 12.4 Å². The molecule has 0 bridgehead atoms. The minimum absolute atomic E-state index is 0.0318. The van der Waals surface area contributed by atoms with Crippen molar-refractivity contribution in [1.82, 2.24) is 19.9 Å². The third kappa shape index (κ3) is 2.63. The van der Waals surface area contributed by atoms with Crippen molar-refractivity contribution in [1.29, 1.82) is 0 Å². The van der Waals surface area contributed by atoms with Gasteiger partial charge in [-0.25, -0.2) is 15.0 Å². The van der Waals surface area contributed by atoms with Crippen LogP contribution in [0, 0.1) is 0 Å². The van der Waals surface area contributed by atoms with Gasteiger partial charge in [-0.1, -0.05) is 0 Å². The maximum absolute atomic E-state index is 12.9. The molecule has 0 fully saturated rings. The summed E-state index contributed by atoms with van der Waals surface area (Å²) in [4.78, 5) is 28.0. The Labute approximate surface area is 144 Å². The first-order valence-electron chi connectivity index (χ1n) is 7.78. The average Bonchev–Trinajstić information content (AvgIpc) is 2.65. The van der Waals surface area contributed by atoms with Crippen LogP contribution in [0.25, 0.3) is 11.0 Å². The summed E-state index contributed by atoms with van der Waals surface area (Å²) in [5.74, 6) is 0.0318. The first-order valence-corrected chi connectivity index (χ1v) is 9.00. The minimum Gasteiger partial charge on any atom is -0.334 e. The van der Waals surface area contributed by atoms with Gasteiger partial charge < -0.3 is 4.90 Å². The third-order valence-electron chi connectivity index (χ3n) is 4.22. The molecule has 0 spiro atoms. The van der Waals surface area contributed by atoms with E-state index >= 15 is 0 Å². The maximum Gasteiger partial charge on any atom is 0.256 e. The molecule has 1 aliphatic rings. The molecule has 5 nitrogen and oxygen atoms in total. The van der Waals surface area contributed by atoms with Crippen molar-refractivity contribution in [3.63, 3.8) is 0 Å². The Bertz CT molecular complexity index is 928. The van der Waals surface area contributed by atoms with Crippen LogP contribution in [-0.4, -0.2) is 38.6 Å². The molecule has 0 aliphatic carbocycles. The van der Waals surface area contributed by atoms with Crippen LogP contribution in [0.3, 0.4) is 0 Å². The van der Waals surface area contributed by atoms with Gasteiger partial charge in [0.15, 0.2) is 5.65 Å². The summed E-state index contributed by atoms with van der Waals surface area (Å²) in [5, 5.41) is 1.78. The number of carbonyl (C=O) groups is 1. The van der Waals surface area contributed by atoms with Crippen LogP contribution in [0.2, 0.25) is 0 Å². The predicted octanol–water partition coefficient (Wildman–Crippen LogP) is 2.95. The monoisotopic (exact) mass is 336 g/mol. The fourth-order valence-electron chi connectivity index (χ4n) is 3.02. The molecule has 0 unspecified atom stereocenters. The zero-order valence-electron chi connectivity index (χ0n) is 13.3. The summed E-state index contributed by atoms with van der Waals surface area (Å²) in [6.45, 7) is 1.24. The fourth-order valence-corrected chi connectivity index (χ4v) is 3.57. The number of aromatic nitrogens is 3. The second-order valence-electron chi connectivity index (χ2n) is 5.68. The molecule has 0 saturated heterocycles. The molecule has 24 heavy (non-hydrogen) atoms. The first kappa shape index (κ1) is 15.1. The lowest BCUT2D eigenvalue weighted by molar-refractivity contribution is 0.0729. The first-order chi connectivity index (χ1) is 11.8. The molecule has 0 saturated carbocycles. The minimum atomic E-state index is 0.0318. The lowest BCUT2D eigenvalue weighted by Gasteiger charge is -2.28. The van der Waals surface area contributed by atoms with Gasteiger partial charge in [0.25, 0.3) is 5.91 Å². The average molecular weight is 336 g/mol. The van der Waals surface area contributed by atoms with Crippen molar-refractivity contribution in [2.24, 2.45) is 0 Å². The molecule has 0 N–H and O–H groups in total. The lowest BCUT2D eigenvalue weighted by Crippen LogP contribution is -2.36. The Morgan fingerprint density at radius 2 is 2.04 bits per heavy atom. The summed E-state index contributed by atoms with van der Waals surface area (Å²) in [5.41, 5.74) is 3.59. The lowest BCUT2D eigenvalue weighted by atomic mass is 10.0. The van der Waals surface area contributed by atoms with Crippen LogP contribution >= 0.6 is 11.8 Å². The number of hydrogen-bond donors (Lipinski definition) is 0. The molecule has 1 aliphatic heterocycles. The van der Waals surface area contributed by atoms with Crippen molar-refractivity contribution >= 4 is 28.7 Å². The molecular formula is C18H16N4OS. The highest BCUT2D eigenvalue weighted by Gasteiger charge is 2.25. The molecular weight excluding hydrogens is 320 g/mol. The number of hydrogen-bond acceptors (Lipinski definition) is 5. The van der Waals surface area contributed by atoms with Gasteiger partial charge in [-0.3, -0.25) is 4.79 Å². The Morgan fingerprint density at radius 1 is 1.21 bits per heavy atom. The molecule has 0 aromatic carbocycles. The largest absolute Gasteiger partial charge is 0.334 e. The van der Waals surface area contributed by atoms with Crippen LogP contribution in [0.4, 0.5) is 0 Å².